The van der Waals surface area contributed by atoms with Crippen LogP contribution in [-0.2, 0) is 9.36 Å². The Morgan fingerprint density at radius 3 is 2.00 bits per heavy atom. The van der Waals surface area contributed by atoms with Crippen LogP contribution in [0.15, 0.2) is 12.1 Å². The Morgan fingerprint density at radius 1 is 1.12 bits per heavy atom. The van der Waals surface area contributed by atoms with Gasteiger partial charge in [-0.15, -0.1) is 0 Å². The minimum Gasteiger partial charge on any atom is -0.481 e. The SMILES string of the molecule is CCCC(C(=O)O)C1(C(=O)c2c(C)cc(C)cc2C)CCCC1.O=[PH2+]. The summed E-state index contributed by atoms with van der Waals surface area (Å²) in [4.78, 5) is 25.4. The second-order valence-corrected chi connectivity index (χ2v) is 7.15. The highest BCUT2D eigenvalue weighted by Crippen LogP contribution is 2.49. The first-order chi connectivity index (χ1) is 11.8. The van der Waals surface area contributed by atoms with Gasteiger partial charge in [0.1, 0.15) is 0 Å². The van der Waals surface area contributed by atoms with Crippen LogP contribution in [0.25, 0.3) is 0 Å². The molecule has 2 unspecified atom stereocenters. The molecule has 0 saturated heterocycles. The van der Waals surface area contributed by atoms with Gasteiger partial charge in [0, 0.05) is 11.0 Å². The molecule has 0 aromatic heterocycles. The van der Waals surface area contributed by atoms with E-state index in [1.54, 1.807) is 0 Å². The second-order valence-electron chi connectivity index (χ2n) is 7.15. The molecule has 1 aliphatic rings. The number of aryl methyl sites for hydroxylation is 3. The zero-order valence-corrected chi connectivity index (χ0v) is 16.9. The summed E-state index contributed by atoms with van der Waals surface area (Å²) in [6.45, 7) is 7.94. The lowest BCUT2D eigenvalue weighted by atomic mass is 9.66. The first kappa shape index (κ1) is 21.5. The van der Waals surface area contributed by atoms with Crippen molar-refractivity contribution in [2.75, 3.05) is 0 Å². The van der Waals surface area contributed by atoms with Gasteiger partial charge in [-0.3, -0.25) is 9.59 Å². The van der Waals surface area contributed by atoms with E-state index in [1.807, 2.05) is 39.8 Å². The van der Waals surface area contributed by atoms with Crippen LogP contribution < -0.4 is 0 Å². The molecule has 0 heterocycles. The van der Waals surface area contributed by atoms with Gasteiger partial charge < -0.3 is 5.11 Å². The van der Waals surface area contributed by atoms with E-state index in [1.165, 1.54) is 9.12 Å². The first-order valence-corrected chi connectivity index (χ1v) is 9.39. The molecule has 138 valence electrons. The smallest absolute Gasteiger partial charge is 0.310 e. The molecular weight excluding hydrogens is 335 g/mol. The first-order valence-electron chi connectivity index (χ1n) is 8.92. The van der Waals surface area contributed by atoms with Crippen LogP contribution in [-0.4, -0.2) is 16.9 Å². The molecule has 1 N–H and O–H groups in total. The third kappa shape index (κ3) is 4.36. The zero-order chi connectivity index (χ0) is 19.2. The average molecular weight is 365 g/mol. The fourth-order valence-electron chi connectivity index (χ4n) is 4.45. The second kappa shape index (κ2) is 9.24. The van der Waals surface area contributed by atoms with Crippen LogP contribution in [0.1, 0.15) is 72.5 Å². The van der Waals surface area contributed by atoms with Crippen LogP contribution >= 0.6 is 9.12 Å². The zero-order valence-electron chi connectivity index (χ0n) is 15.7. The molecule has 0 radical (unpaired) electrons. The quantitative estimate of drug-likeness (QED) is 0.565. The molecule has 1 aromatic rings. The maximum Gasteiger partial charge on any atom is 0.310 e. The van der Waals surface area contributed by atoms with Crippen molar-refractivity contribution in [3.63, 3.8) is 0 Å². The van der Waals surface area contributed by atoms with Crippen molar-refractivity contribution in [1.29, 1.82) is 0 Å². The van der Waals surface area contributed by atoms with E-state index in [-0.39, 0.29) is 5.78 Å². The number of Topliss-reactive ketones (excluding diaryl/α,β-unsaturated/α-hetero) is 1. The summed E-state index contributed by atoms with van der Waals surface area (Å²) in [6, 6.07) is 4.05. The molecule has 25 heavy (non-hydrogen) atoms. The normalized spacial score (nSPS) is 16.6. The molecule has 4 nitrogen and oxygen atoms in total. The fraction of sp³-hybridized carbons (Fsp3) is 0.600. The summed E-state index contributed by atoms with van der Waals surface area (Å²) in [5.41, 5.74) is 3.12. The van der Waals surface area contributed by atoms with Gasteiger partial charge in [0.2, 0.25) is 0 Å². The molecule has 1 aliphatic carbocycles. The number of carboxylic acid groups (broad SMARTS) is 1. The standard InChI is InChI=1S/C20H28O3.H2OP/c1-5-8-16(19(22)23)20(9-6-7-10-20)18(21)17-14(3)11-13(2)12-15(17)4;1-2/h11-12,16H,5-10H2,1-4H3,(H,22,23);2H2/q;+1. The number of carboxylic acids is 1. The van der Waals surface area contributed by atoms with Crippen molar-refractivity contribution < 1.29 is 19.3 Å². The number of benzene rings is 1. The van der Waals surface area contributed by atoms with Gasteiger partial charge in [-0.05, 0) is 51.2 Å². The third-order valence-corrected chi connectivity index (χ3v) is 5.39. The molecule has 0 spiro atoms. The molecule has 1 saturated carbocycles. The Hall–Kier alpha value is -1.54. The van der Waals surface area contributed by atoms with Gasteiger partial charge >= 0.3 is 15.1 Å². The Kier molecular flexibility index (Phi) is 7.95. The predicted octanol–water partition coefficient (Wildman–Crippen LogP) is 5.06. The maximum absolute atomic E-state index is 13.5. The van der Waals surface area contributed by atoms with E-state index in [4.69, 9.17) is 4.57 Å². The van der Waals surface area contributed by atoms with Crippen molar-refractivity contribution in [1.82, 2.24) is 0 Å². The van der Waals surface area contributed by atoms with Crippen molar-refractivity contribution in [3.8, 4) is 0 Å². The van der Waals surface area contributed by atoms with E-state index < -0.39 is 17.3 Å². The topological polar surface area (TPSA) is 71.4 Å². The fourth-order valence-corrected chi connectivity index (χ4v) is 4.45. The summed E-state index contributed by atoms with van der Waals surface area (Å²) < 4.78 is 8.17. The van der Waals surface area contributed by atoms with Gasteiger partial charge in [0.15, 0.2) is 5.78 Å². The van der Waals surface area contributed by atoms with Gasteiger partial charge in [-0.2, -0.15) is 0 Å². The lowest BCUT2D eigenvalue weighted by Crippen LogP contribution is -2.41. The minimum absolute atomic E-state index is 0.0610. The third-order valence-electron chi connectivity index (χ3n) is 5.39. The van der Waals surface area contributed by atoms with Crippen LogP contribution in [0.3, 0.4) is 0 Å². The average Bonchev–Trinajstić information content (AvgIpc) is 3.03. The molecule has 0 amide bonds. The van der Waals surface area contributed by atoms with Gasteiger partial charge in [0.05, 0.1) is 5.92 Å². The number of rotatable bonds is 6. The highest BCUT2D eigenvalue weighted by Gasteiger charge is 2.50. The predicted molar refractivity (Wildman–Crippen MR) is 102 cm³/mol. The summed E-state index contributed by atoms with van der Waals surface area (Å²) in [7, 11) is 1.17. The highest BCUT2D eigenvalue weighted by atomic mass is 31.0. The summed E-state index contributed by atoms with van der Waals surface area (Å²) in [5, 5.41) is 9.76. The summed E-state index contributed by atoms with van der Waals surface area (Å²) in [6.07, 6.45) is 4.67. The largest absolute Gasteiger partial charge is 0.481 e. The van der Waals surface area contributed by atoms with Crippen LogP contribution in [0.4, 0.5) is 0 Å². The Labute approximate surface area is 152 Å². The van der Waals surface area contributed by atoms with Gasteiger partial charge in [0.25, 0.3) is 0 Å². The van der Waals surface area contributed by atoms with Gasteiger partial charge in [-0.1, -0.05) is 48.4 Å². The van der Waals surface area contributed by atoms with E-state index >= 15 is 0 Å². The lowest BCUT2D eigenvalue weighted by molar-refractivity contribution is -0.145. The molecule has 2 atom stereocenters. The van der Waals surface area contributed by atoms with E-state index in [0.29, 0.717) is 19.3 Å². The molecular formula is C20H30O4P+. The Bertz CT molecular complexity index is 610. The summed E-state index contributed by atoms with van der Waals surface area (Å²) in [5.74, 6) is -1.32. The Morgan fingerprint density at radius 2 is 1.60 bits per heavy atom. The molecule has 2 rings (SSSR count). The van der Waals surface area contributed by atoms with Crippen molar-refractivity contribution >= 4 is 20.9 Å². The van der Waals surface area contributed by atoms with Crippen molar-refractivity contribution in [2.45, 2.75) is 66.2 Å². The number of aliphatic carboxylic acids is 1. The number of hydrogen-bond donors (Lipinski definition) is 1. The molecule has 0 bridgehead atoms. The monoisotopic (exact) mass is 365 g/mol. The lowest BCUT2D eigenvalue weighted by Gasteiger charge is -2.34. The van der Waals surface area contributed by atoms with E-state index in [0.717, 1.165) is 41.5 Å². The van der Waals surface area contributed by atoms with Crippen molar-refractivity contribution in [3.05, 3.63) is 34.4 Å². The van der Waals surface area contributed by atoms with E-state index in [2.05, 4.69) is 0 Å². The number of hydrogen-bond acceptors (Lipinski definition) is 3. The minimum atomic E-state index is -0.815. The van der Waals surface area contributed by atoms with Crippen LogP contribution in [0.2, 0.25) is 0 Å². The number of carbonyl (C=O) groups is 2. The molecule has 1 fully saturated rings. The van der Waals surface area contributed by atoms with Crippen LogP contribution in [0, 0.1) is 32.1 Å². The van der Waals surface area contributed by atoms with Gasteiger partial charge in [-0.25, -0.2) is 0 Å². The molecule has 0 aliphatic heterocycles. The Balaban J connectivity index is 0.00000151. The van der Waals surface area contributed by atoms with E-state index in [9.17, 15) is 14.7 Å². The highest BCUT2D eigenvalue weighted by molar-refractivity contribution is 7.00. The molecule has 1 aromatic carbocycles. The van der Waals surface area contributed by atoms with Crippen LogP contribution in [0.5, 0.6) is 0 Å². The maximum atomic E-state index is 13.5. The van der Waals surface area contributed by atoms with Crippen molar-refractivity contribution in [2.24, 2.45) is 11.3 Å². The number of carbonyl (C=O) groups excluding carboxylic acids is 1. The summed E-state index contributed by atoms with van der Waals surface area (Å²) >= 11 is 0. The number of ketones is 1. The molecule has 5 heteroatoms.